The number of hydrogen-bond donors (Lipinski definition) is 1. The third-order valence-corrected chi connectivity index (χ3v) is 3.82. The molecule has 8 heteroatoms. The minimum absolute atomic E-state index is 0.0402. The lowest BCUT2D eigenvalue weighted by Crippen LogP contribution is -2.19. The second-order valence-electron chi connectivity index (χ2n) is 4.29. The van der Waals surface area contributed by atoms with Gasteiger partial charge in [0.15, 0.2) is 6.61 Å². The Labute approximate surface area is 133 Å². The molecule has 2 rings (SSSR count). The molecule has 0 aliphatic rings. The molecule has 3 nitrogen and oxygen atoms in total. The summed E-state index contributed by atoms with van der Waals surface area (Å²) >= 11 is 7.24. The molecule has 0 aliphatic heterocycles. The number of rotatable bonds is 5. The fourth-order valence-corrected chi connectivity index (χ4v) is 2.68. The highest BCUT2D eigenvalue weighted by molar-refractivity contribution is 7.16. The monoisotopic (exact) mass is 346 g/mol. The maximum atomic E-state index is 12.1. The molecule has 0 amide bonds. The molecule has 0 bridgehead atoms. The molecule has 2 aromatic rings. The smallest absolute Gasteiger partial charge is 0.422 e. The van der Waals surface area contributed by atoms with E-state index in [0.717, 1.165) is 4.88 Å². The molecule has 1 N–H and O–H groups in total. The van der Waals surface area contributed by atoms with Crippen LogP contribution in [0.4, 0.5) is 18.9 Å². The molecular formula is C14H10ClF3N2OS. The van der Waals surface area contributed by atoms with Crippen molar-refractivity contribution in [1.82, 2.24) is 0 Å². The van der Waals surface area contributed by atoms with Gasteiger partial charge in [-0.3, -0.25) is 0 Å². The number of alkyl halides is 3. The lowest BCUT2D eigenvalue weighted by molar-refractivity contribution is -0.153. The van der Waals surface area contributed by atoms with Crippen LogP contribution in [0.25, 0.3) is 0 Å². The Hall–Kier alpha value is -1.91. The van der Waals surface area contributed by atoms with Crippen LogP contribution in [0, 0.1) is 11.3 Å². The molecule has 0 radical (unpaired) electrons. The van der Waals surface area contributed by atoms with Crippen molar-refractivity contribution >= 4 is 28.6 Å². The van der Waals surface area contributed by atoms with Crippen LogP contribution in [0.5, 0.6) is 5.75 Å². The molecule has 0 unspecified atom stereocenters. The maximum Gasteiger partial charge on any atom is 0.422 e. The van der Waals surface area contributed by atoms with Crippen LogP contribution in [0.15, 0.2) is 30.3 Å². The SMILES string of the molecule is N#Cc1cc(NCc2ccc(Cl)s2)ccc1OCC(F)(F)F. The highest BCUT2D eigenvalue weighted by atomic mass is 35.5. The number of nitrogens with zero attached hydrogens (tertiary/aromatic N) is 1. The zero-order valence-corrected chi connectivity index (χ0v) is 12.6. The number of nitrogens with one attached hydrogen (secondary N) is 1. The van der Waals surface area contributed by atoms with Crippen LogP contribution < -0.4 is 10.1 Å². The predicted molar refractivity (Wildman–Crippen MR) is 79.4 cm³/mol. The van der Waals surface area contributed by atoms with Gasteiger partial charge in [0.25, 0.3) is 0 Å². The van der Waals surface area contributed by atoms with Crippen molar-refractivity contribution in [2.24, 2.45) is 0 Å². The lowest BCUT2D eigenvalue weighted by atomic mass is 10.2. The van der Waals surface area contributed by atoms with Crippen molar-refractivity contribution in [3.05, 3.63) is 45.1 Å². The normalized spacial score (nSPS) is 11.0. The number of halogens is 4. The molecule has 0 spiro atoms. The molecular weight excluding hydrogens is 337 g/mol. The van der Waals surface area contributed by atoms with Gasteiger partial charge < -0.3 is 10.1 Å². The standard InChI is InChI=1S/C14H10ClF3N2OS/c15-13-4-2-11(22-13)7-20-10-1-3-12(9(5-10)6-19)21-8-14(16,17)18/h1-5,20H,7-8H2. The van der Waals surface area contributed by atoms with Crippen molar-refractivity contribution < 1.29 is 17.9 Å². The number of hydrogen-bond acceptors (Lipinski definition) is 4. The Kier molecular flexibility index (Phi) is 5.16. The first-order valence-electron chi connectivity index (χ1n) is 6.09. The van der Waals surface area contributed by atoms with Gasteiger partial charge in [-0.2, -0.15) is 18.4 Å². The summed E-state index contributed by atoms with van der Waals surface area (Å²) < 4.78 is 41.7. The third-order valence-electron chi connectivity index (χ3n) is 2.59. The number of nitriles is 1. The Balaban J connectivity index is 2.03. The van der Waals surface area contributed by atoms with Crippen molar-refractivity contribution in [1.29, 1.82) is 5.26 Å². The summed E-state index contributed by atoms with van der Waals surface area (Å²) in [5, 5.41) is 12.1. The second kappa shape index (κ2) is 6.90. The largest absolute Gasteiger partial charge is 0.483 e. The van der Waals surface area contributed by atoms with E-state index in [1.54, 1.807) is 12.1 Å². The van der Waals surface area contributed by atoms with Crippen molar-refractivity contribution in [2.75, 3.05) is 11.9 Å². The summed E-state index contributed by atoms with van der Waals surface area (Å²) in [6, 6.07) is 9.81. The summed E-state index contributed by atoms with van der Waals surface area (Å²) in [4.78, 5) is 1.00. The lowest BCUT2D eigenvalue weighted by Gasteiger charge is -2.12. The van der Waals surface area contributed by atoms with Gasteiger partial charge in [-0.15, -0.1) is 11.3 Å². The van der Waals surface area contributed by atoms with Gasteiger partial charge in [0.2, 0.25) is 0 Å². The van der Waals surface area contributed by atoms with E-state index in [2.05, 4.69) is 10.1 Å². The first kappa shape index (κ1) is 16.5. The van der Waals surface area contributed by atoms with E-state index in [9.17, 15) is 13.2 Å². The highest BCUT2D eigenvalue weighted by Crippen LogP contribution is 2.26. The van der Waals surface area contributed by atoms with Gasteiger partial charge in [0.05, 0.1) is 9.90 Å². The van der Waals surface area contributed by atoms with Crippen LogP contribution in [0.1, 0.15) is 10.4 Å². The zero-order valence-electron chi connectivity index (χ0n) is 11.1. The molecule has 0 atom stereocenters. The van der Waals surface area contributed by atoms with Gasteiger partial charge in [0.1, 0.15) is 11.8 Å². The molecule has 0 saturated carbocycles. The van der Waals surface area contributed by atoms with Crippen LogP contribution in [-0.4, -0.2) is 12.8 Å². The van der Waals surface area contributed by atoms with Crippen molar-refractivity contribution in [2.45, 2.75) is 12.7 Å². The molecule has 0 saturated heterocycles. The average Bonchev–Trinajstić information content (AvgIpc) is 2.88. The van der Waals surface area contributed by atoms with Gasteiger partial charge in [-0.1, -0.05) is 11.6 Å². The van der Waals surface area contributed by atoms with Crippen molar-refractivity contribution in [3.8, 4) is 11.8 Å². The quantitative estimate of drug-likeness (QED) is 0.843. The first-order chi connectivity index (χ1) is 10.4. The van der Waals surface area contributed by atoms with Crippen LogP contribution in [0.3, 0.4) is 0 Å². The van der Waals surface area contributed by atoms with E-state index in [-0.39, 0.29) is 11.3 Å². The first-order valence-corrected chi connectivity index (χ1v) is 7.28. The summed E-state index contributed by atoms with van der Waals surface area (Å²) in [6.07, 6.45) is -4.44. The molecule has 0 fully saturated rings. The Morgan fingerprint density at radius 2 is 2.05 bits per heavy atom. The third kappa shape index (κ3) is 4.83. The fourth-order valence-electron chi connectivity index (χ4n) is 1.65. The molecule has 116 valence electrons. The van der Waals surface area contributed by atoms with Crippen LogP contribution in [0.2, 0.25) is 4.34 Å². The second-order valence-corrected chi connectivity index (χ2v) is 6.09. The summed E-state index contributed by atoms with van der Waals surface area (Å²) in [6.45, 7) is -0.923. The Morgan fingerprint density at radius 1 is 1.27 bits per heavy atom. The Morgan fingerprint density at radius 3 is 2.64 bits per heavy atom. The zero-order chi connectivity index (χ0) is 16.2. The molecule has 1 heterocycles. The van der Waals surface area contributed by atoms with E-state index in [1.165, 1.54) is 23.5 Å². The van der Waals surface area contributed by atoms with E-state index in [1.807, 2.05) is 12.1 Å². The predicted octanol–water partition coefficient (Wildman–Crippen LogP) is 4.83. The number of benzene rings is 1. The van der Waals surface area contributed by atoms with E-state index < -0.39 is 12.8 Å². The topological polar surface area (TPSA) is 45.0 Å². The maximum absolute atomic E-state index is 12.1. The average molecular weight is 347 g/mol. The van der Waals surface area contributed by atoms with E-state index in [4.69, 9.17) is 16.9 Å². The van der Waals surface area contributed by atoms with Crippen LogP contribution in [-0.2, 0) is 6.54 Å². The molecule has 1 aromatic heterocycles. The van der Waals surface area contributed by atoms with E-state index >= 15 is 0 Å². The number of anilines is 1. The van der Waals surface area contributed by atoms with E-state index in [0.29, 0.717) is 16.6 Å². The fraction of sp³-hybridized carbons (Fsp3) is 0.214. The minimum Gasteiger partial charge on any atom is -0.483 e. The number of ether oxygens (including phenoxy) is 1. The van der Waals surface area contributed by atoms with Crippen LogP contribution >= 0.6 is 22.9 Å². The Bertz CT molecular complexity index is 694. The van der Waals surface area contributed by atoms with Crippen molar-refractivity contribution in [3.63, 3.8) is 0 Å². The van der Waals surface area contributed by atoms with Gasteiger partial charge >= 0.3 is 6.18 Å². The van der Waals surface area contributed by atoms with Gasteiger partial charge in [-0.25, -0.2) is 0 Å². The molecule has 1 aromatic carbocycles. The summed E-state index contributed by atoms with van der Waals surface area (Å²) in [5.41, 5.74) is 0.652. The highest BCUT2D eigenvalue weighted by Gasteiger charge is 2.28. The molecule has 0 aliphatic carbocycles. The minimum atomic E-state index is -4.44. The van der Waals surface area contributed by atoms with Gasteiger partial charge in [0, 0.05) is 17.1 Å². The summed E-state index contributed by atoms with van der Waals surface area (Å²) in [5.74, 6) is -0.0930. The van der Waals surface area contributed by atoms with Gasteiger partial charge in [-0.05, 0) is 30.3 Å². The number of thiophene rings is 1. The summed E-state index contributed by atoms with van der Waals surface area (Å²) in [7, 11) is 0. The molecule has 22 heavy (non-hydrogen) atoms.